The number of hydrogen-bond donors (Lipinski definition) is 5. The Kier molecular flexibility index (Phi) is 5.29. The van der Waals surface area contributed by atoms with Gasteiger partial charge in [0.25, 0.3) is 0 Å². The lowest BCUT2D eigenvalue weighted by Gasteiger charge is -2.51. The number of likely N-dealkylation sites (N-methyl/N-ethyl adjacent to an activating group) is 1. The molecule has 2 aromatic rings. The van der Waals surface area contributed by atoms with Gasteiger partial charge in [0.05, 0.1) is 19.5 Å². The summed E-state index contributed by atoms with van der Waals surface area (Å²) in [4.78, 5) is 11.6. The molecular formula is C22H27N2O6+. The Balaban J connectivity index is 1.78. The van der Waals surface area contributed by atoms with Crippen molar-refractivity contribution in [3.8, 4) is 0 Å². The van der Waals surface area contributed by atoms with Crippen LogP contribution in [0.3, 0.4) is 0 Å². The predicted octanol–water partition coefficient (Wildman–Crippen LogP) is 0.253. The number of quaternary nitrogens is 1. The van der Waals surface area contributed by atoms with Gasteiger partial charge in [0, 0.05) is 11.3 Å². The maximum absolute atomic E-state index is 11.6. The first kappa shape index (κ1) is 20.8. The fourth-order valence-corrected chi connectivity index (χ4v) is 4.82. The largest absolute Gasteiger partial charge is 0.479 e. The number of fused-ring (bicyclic) bond motifs is 1. The molecule has 1 fully saturated rings. The van der Waals surface area contributed by atoms with Crippen molar-refractivity contribution in [1.82, 2.24) is 0 Å². The molecule has 7 atom stereocenters. The number of anilines is 1. The van der Waals surface area contributed by atoms with Gasteiger partial charge in [-0.2, -0.15) is 0 Å². The molecule has 2 aromatic carbocycles. The fourth-order valence-electron chi connectivity index (χ4n) is 4.82. The predicted molar refractivity (Wildman–Crippen MR) is 108 cm³/mol. The molecule has 2 aliphatic rings. The van der Waals surface area contributed by atoms with Crippen LogP contribution in [0, 0.1) is 0 Å². The van der Waals surface area contributed by atoms with Gasteiger partial charge in [0.1, 0.15) is 18.8 Å². The molecule has 0 saturated carbocycles. The van der Waals surface area contributed by atoms with Gasteiger partial charge in [0.15, 0.2) is 12.2 Å². The first-order chi connectivity index (χ1) is 14.2. The average Bonchev–Trinajstić information content (AvgIpc) is 2.72. The van der Waals surface area contributed by atoms with E-state index in [4.69, 9.17) is 10.5 Å². The second kappa shape index (κ2) is 7.64. The van der Waals surface area contributed by atoms with Crippen LogP contribution in [-0.2, 0) is 16.1 Å². The quantitative estimate of drug-likeness (QED) is 0.359. The van der Waals surface area contributed by atoms with E-state index in [9.17, 15) is 25.2 Å². The van der Waals surface area contributed by atoms with Crippen molar-refractivity contribution in [2.24, 2.45) is 0 Å². The Labute approximate surface area is 174 Å². The second-order valence-corrected chi connectivity index (χ2v) is 8.46. The number of benzene rings is 2. The molecule has 1 saturated heterocycles. The Bertz CT molecular complexity index is 938. The molecule has 0 bridgehead atoms. The number of rotatable bonds is 3. The number of aliphatic hydroxyl groups excluding tert-OH is 3. The fraction of sp³-hybridized carbons (Fsp3) is 0.409. The average molecular weight is 415 g/mol. The number of carboxylic acid groups (broad SMARTS) is 1. The maximum atomic E-state index is 11.6. The minimum atomic E-state index is -1.72. The molecule has 6 N–H and O–H groups in total. The maximum Gasteiger partial charge on any atom is 0.335 e. The van der Waals surface area contributed by atoms with E-state index in [-0.39, 0.29) is 10.4 Å². The van der Waals surface area contributed by atoms with Gasteiger partial charge in [-0.25, -0.2) is 4.79 Å². The molecule has 30 heavy (non-hydrogen) atoms. The van der Waals surface area contributed by atoms with Crippen LogP contribution in [0.1, 0.15) is 22.6 Å². The highest BCUT2D eigenvalue weighted by atomic mass is 16.6. The third-order valence-corrected chi connectivity index (χ3v) is 6.39. The molecule has 0 amide bonds. The number of hydrogen-bond acceptors (Lipinski definition) is 6. The highest BCUT2D eigenvalue weighted by molar-refractivity contribution is 5.73. The van der Waals surface area contributed by atoms with E-state index >= 15 is 0 Å². The SMILES string of the molecule is C[N+]1(C2OC(C(=O)O)C(O)C(O)C2O)Cc2c(N)cccc2C(c2ccccc2)C1. The molecule has 4 rings (SSSR count). The van der Waals surface area contributed by atoms with Gasteiger partial charge >= 0.3 is 5.97 Å². The van der Waals surface area contributed by atoms with Crippen LogP contribution >= 0.6 is 0 Å². The lowest BCUT2D eigenvalue weighted by atomic mass is 9.82. The lowest BCUT2D eigenvalue weighted by Crippen LogP contribution is -2.70. The smallest absolute Gasteiger partial charge is 0.335 e. The Morgan fingerprint density at radius 2 is 1.73 bits per heavy atom. The third-order valence-electron chi connectivity index (χ3n) is 6.39. The zero-order valence-corrected chi connectivity index (χ0v) is 16.6. The zero-order valence-electron chi connectivity index (χ0n) is 16.6. The van der Waals surface area contributed by atoms with Crippen LogP contribution in [0.5, 0.6) is 0 Å². The number of nitrogens with two attached hydrogens (primary N) is 1. The molecule has 0 aromatic heterocycles. The van der Waals surface area contributed by atoms with Gasteiger partial charge in [0.2, 0.25) is 6.23 Å². The molecule has 8 nitrogen and oxygen atoms in total. The molecule has 0 spiro atoms. The van der Waals surface area contributed by atoms with Crippen LogP contribution in [0.15, 0.2) is 48.5 Å². The van der Waals surface area contributed by atoms with Gasteiger partial charge < -0.3 is 30.9 Å². The number of nitrogens with zero attached hydrogens (tertiary/aromatic N) is 1. The first-order valence-electron chi connectivity index (χ1n) is 9.92. The van der Waals surface area contributed by atoms with Gasteiger partial charge in [-0.05, 0) is 17.2 Å². The summed E-state index contributed by atoms with van der Waals surface area (Å²) in [5.74, 6) is -1.45. The number of aliphatic carboxylic acids is 1. The standard InChI is InChI=1S/C22H26N2O6/c1-24(21-19(27)17(25)18(26)20(30-21)22(28)29)10-14(12-6-3-2-4-7-12)13-8-5-9-16(23)15(13)11-24/h2-9,14,17-21,25-27H,10-11,23H2,1H3/p+1. The summed E-state index contributed by atoms with van der Waals surface area (Å²) in [5.41, 5.74) is 9.96. The summed E-state index contributed by atoms with van der Waals surface area (Å²) in [5, 5.41) is 40.6. The summed E-state index contributed by atoms with van der Waals surface area (Å²) in [7, 11) is 1.85. The van der Waals surface area contributed by atoms with Crippen LogP contribution in [0.4, 0.5) is 5.69 Å². The van der Waals surface area contributed by atoms with Crippen LogP contribution in [0.25, 0.3) is 0 Å². The van der Waals surface area contributed by atoms with E-state index in [1.54, 1.807) is 0 Å². The van der Waals surface area contributed by atoms with E-state index < -0.39 is 36.6 Å². The summed E-state index contributed by atoms with van der Waals surface area (Å²) in [6.07, 6.45) is -7.49. The minimum absolute atomic E-state index is 0.0634. The normalized spacial score (nSPS) is 36.1. The molecule has 8 heteroatoms. The number of nitrogen functional groups attached to an aromatic ring is 1. The van der Waals surface area contributed by atoms with Crippen molar-refractivity contribution < 1.29 is 34.4 Å². The summed E-state index contributed by atoms with van der Waals surface area (Å²) in [6, 6.07) is 15.6. The van der Waals surface area contributed by atoms with E-state index in [1.807, 2.05) is 55.6 Å². The molecule has 0 aliphatic carbocycles. The van der Waals surface area contributed by atoms with Crippen LogP contribution in [0.2, 0.25) is 0 Å². The van der Waals surface area contributed by atoms with Gasteiger partial charge in [-0.1, -0.05) is 42.5 Å². The highest BCUT2D eigenvalue weighted by Crippen LogP contribution is 2.42. The molecule has 160 valence electrons. The zero-order chi connectivity index (χ0) is 21.6. The highest BCUT2D eigenvalue weighted by Gasteiger charge is 2.55. The topological polar surface area (TPSA) is 133 Å². The number of ether oxygens (including phenoxy) is 1. The van der Waals surface area contributed by atoms with Gasteiger partial charge in [-0.15, -0.1) is 0 Å². The van der Waals surface area contributed by atoms with Crippen molar-refractivity contribution in [1.29, 1.82) is 0 Å². The molecule has 7 unspecified atom stereocenters. The lowest BCUT2D eigenvalue weighted by molar-refractivity contribution is -0.975. The minimum Gasteiger partial charge on any atom is -0.479 e. The monoisotopic (exact) mass is 415 g/mol. The summed E-state index contributed by atoms with van der Waals surface area (Å²) >= 11 is 0. The summed E-state index contributed by atoms with van der Waals surface area (Å²) < 4.78 is 5.80. The van der Waals surface area contributed by atoms with E-state index in [0.717, 1.165) is 16.7 Å². The van der Waals surface area contributed by atoms with Crippen molar-refractivity contribution >= 4 is 11.7 Å². The molecule has 2 aliphatic heterocycles. The van der Waals surface area contributed by atoms with Crippen LogP contribution < -0.4 is 5.73 Å². The molecule has 2 heterocycles. The van der Waals surface area contributed by atoms with Crippen molar-refractivity contribution in [2.75, 3.05) is 19.3 Å². The van der Waals surface area contributed by atoms with Crippen molar-refractivity contribution in [3.63, 3.8) is 0 Å². The Morgan fingerprint density at radius 3 is 2.40 bits per heavy atom. The Morgan fingerprint density at radius 1 is 1.03 bits per heavy atom. The first-order valence-corrected chi connectivity index (χ1v) is 9.92. The third kappa shape index (κ3) is 3.36. The number of aliphatic hydroxyl groups is 3. The number of carbonyl (C=O) groups is 1. The summed E-state index contributed by atoms with van der Waals surface area (Å²) in [6.45, 7) is 0.888. The molecular weight excluding hydrogens is 388 g/mol. The molecule has 0 radical (unpaired) electrons. The van der Waals surface area contributed by atoms with E-state index in [2.05, 4.69) is 0 Å². The van der Waals surface area contributed by atoms with Crippen molar-refractivity contribution in [3.05, 3.63) is 65.2 Å². The Hall–Kier alpha value is -2.49. The van der Waals surface area contributed by atoms with Crippen molar-refractivity contribution in [2.45, 2.75) is 43.1 Å². The number of carboxylic acids is 1. The second-order valence-electron chi connectivity index (χ2n) is 8.46. The van der Waals surface area contributed by atoms with Crippen LogP contribution in [-0.4, -0.2) is 75.1 Å². The van der Waals surface area contributed by atoms with E-state index in [1.165, 1.54) is 0 Å². The van der Waals surface area contributed by atoms with Gasteiger partial charge in [-0.3, -0.25) is 4.48 Å². The van der Waals surface area contributed by atoms with E-state index in [0.29, 0.717) is 18.8 Å².